The lowest BCUT2D eigenvalue weighted by molar-refractivity contribution is -0.147. The molecule has 0 saturated carbocycles. The molecule has 4 atom stereocenters. The number of H-pyrrole nitrogens is 1. The molecule has 5 N–H and O–H groups in total. The van der Waals surface area contributed by atoms with Gasteiger partial charge in [0, 0.05) is 19.0 Å². The van der Waals surface area contributed by atoms with Crippen molar-refractivity contribution in [2.75, 3.05) is 11.9 Å². The number of halogens is 1. The SMILES string of the molecule is O=C(CCCCC(=O)OCn1cc(F)c(=O)[nH]c1=O)Nc1ccn([C@@H]2O[C@H](CO)[C@@H](O)[C@@H]2O)c(=O)n1. The van der Waals surface area contributed by atoms with Crippen LogP contribution >= 0.6 is 0 Å². The van der Waals surface area contributed by atoms with Crippen LogP contribution in [0, 0.1) is 5.82 Å². The van der Waals surface area contributed by atoms with Crippen molar-refractivity contribution < 1.29 is 38.8 Å². The molecule has 0 aliphatic carbocycles. The van der Waals surface area contributed by atoms with E-state index >= 15 is 0 Å². The van der Waals surface area contributed by atoms with Crippen molar-refractivity contribution in [1.82, 2.24) is 19.1 Å². The first kappa shape index (κ1) is 26.9. The first-order valence-corrected chi connectivity index (χ1v) is 10.8. The number of aromatic amines is 1. The van der Waals surface area contributed by atoms with E-state index in [0.717, 1.165) is 4.57 Å². The fraction of sp³-hybridized carbons (Fsp3) is 0.500. The number of aromatic nitrogens is 4. The molecule has 1 aliphatic rings. The first-order valence-electron chi connectivity index (χ1n) is 10.8. The lowest BCUT2D eigenvalue weighted by atomic mass is 10.1. The molecule has 16 heteroatoms. The summed E-state index contributed by atoms with van der Waals surface area (Å²) in [6.45, 7) is -1.15. The number of nitrogens with zero attached hydrogens (tertiary/aromatic N) is 3. The standard InChI is InChI=1S/C20H24FN5O10/c21-10-7-25(19(33)24-17(10)32)9-35-14(29)4-2-1-3-13(28)22-12-5-6-26(20(34)23-12)18-16(31)15(30)11(8-27)36-18/h5-7,11,15-16,18,27,30-31H,1-4,8-9H2,(H,24,32,33)(H,22,23,28,34)/t11-,15-,16+,18-/m1/s1. The van der Waals surface area contributed by atoms with E-state index in [0.29, 0.717) is 10.8 Å². The maximum atomic E-state index is 13.2. The number of hydrogen-bond acceptors (Lipinski definition) is 11. The molecule has 2 aromatic heterocycles. The number of amides is 1. The quantitative estimate of drug-likeness (QED) is 0.166. The molecule has 0 bridgehead atoms. The Morgan fingerprint density at radius 2 is 1.92 bits per heavy atom. The van der Waals surface area contributed by atoms with Crippen molar-refractivity contribution in [2.24, 2.45) is 0 Å². The van der Waals surface area contributed by atoms with Crippen LogP contribution in [0.15, 0.2) is 32.8 Å². The summed E-state index contributed by atoms with van der Waals surface area (Å²) in [5, 5.41) is 31.4. The molecule has 0 unspecified atom stereocenters. The maximum absolute atomic E-state index is 13.2. The smallest absolute Gasteiger partial charge is 0.351 e. The summed E-state index contributed by atoms with van der Waals surface area (Å²) in [5.74, 6) is -2.46. The summed E-state index contributed by atoms with van der Waals surface area (Å²) in [7, 11) is 0. The predicted molar refractivity (Wildman–Crippen MR) is 116 cm³/mol. The fourth-order valence-electron chi connectivity index (χ4n) is 3.34. The van der Waals surface area contributed by atoms with Gasteiger partial charge in [-0.2, -0.15) is 9.37 Å². The normalized spacial score (nSPS) is 21.3. The first-order chi connectivity index (χ1) is 17.1. The monoisotopic (exact) mass is 513 g/mol. The van der Waals surface area contributed by atoms with Crippen molar-refractivity contribution in [2.45, 2.75) is 57.0 Å². The summed E-state index contributed by atoms with van der Waals surface area (Å²) in [4.78, 5) is 64.0. The molecule has 15 nitrogen and oxygen atoms in total. The van der Waals surface area contributed by atoms with Gasteiger partial charge in [-0.15, -0.1) is 0 Å². The third-order valence-electron chi connectivity index (χ3n) is 5.26. The molecule has 2 aromatic rings. The van der Waals surface area contributed by atoms with E-state index in [9.17, 15) is 38.6 Å². The molecule has 3 rings (SSSR count). The van der Waals surface area contributed by atoms with Crippen molar-refractivity contribution >= 4 is 17.7 Å². The Hall–Kier alpha value is -3.73. The maximum Gasteiger partial charge on any atom is 0.351 e. The molecular formula is C20H24FN5O10. The molecule has 3 heterocycles. The average Bonchev–Trinajstić information content (AvgIpc) is 3.12. The Morgan fingerprint density at radius 3 is 2.58 bits per heavy atom. The average molecular weight is 513 g/mol. The zero-order valence-corrected chi connectivity index (χ0v) is 18.7. The second-order valence-electron chi connectivity index (χ2n) is 7.84. The highest BCUT2D eigenvalue weighted by molar-refractivity contribution is 5.89. The highest BCUT2D eigenvalue weighted by Crippen LogP contribution is 2.28. The number of aliphatic hydroxyl groups excluding tert-OH is 3. The number of hydrogen-bond donors (Lipinski definition) is 5. The van der Waals surface area contributed by atoms with Crippen LogP contribution in [0.4, 0.5) is 10.2 Å². The van der Waals surface area contributed by atoms with Gasteiger partial charge >= 0.3 is 17.3 Å². The highest BCUT2D eigenvalue weighted by Gasteiger charge is 2.43. The van der Waals surface area contributed by atoms with Crippen LogP contribution in [-0.2, 0) is 25.8 Å². The number of rotatable bonds is 10. The molecule has 0 radical (unpaired) electrons. The van der Waals surface area contributed by atoms with Crippen LogP contribution in [0.1, 0.15) is 31.9 Å². The van der Waals surface area contributed by atoms with Crippen LogP contribution in [0.3, 0.4) is 0 Å². The third-order valence-corrected chi connectivity index (χ3v) is 5.26. The third kappa shape index (κ3) is 6.48. The van der Waals surface area contributed by atoms with Gasteiger partial charge in [0.25, 0.3) is 5.56 Å². The van der Waals surface area contributed by atoms with Gasteiger partial charge in [-0.05, 0) is 18.9 Å². The summed E-state index contributed by atoms with van der Waals surface area (Å²) in [5.41, 5.74) is -2.99. The molecule has 36 heavy (non-hydrogen) atoms. The van der Waals surface area contributed by atoms with Crippen LogP contribution < -0.4 is 22.3 Å². The Balaban J connectivity index is 1.41. The van der Waals surface area contributed by atoms with Gasteiger partial charge in [0.05, 0.1) is 12.8 Å². The van der Waals surface area contributed by atoms with Gasteiger partial charge in [-0.25, -0.2) is 9.59 Å². The van der Waals surface area contributed by atoms with Gasteiger partial charge in [-0.3, -0.25) is 28.5 Å². The lowest BCUT2D eigenvalue weighted by Gasteiger charge is -2.17. The Kier molecular flexibility index (Phi) is 8.81. The van der Waals surface area contributed by atoms with Crippen LogP contribution in [-0.4, -0.2) is 71.2 Å². The number of ether oxygens (including phenoxy) is 2. The van der Waals surface area contributed by atoms with Crippen molar-refractivity contribution in [1.29, 1.82) is 0 Å². The minimum absolute atomic E-state index is 0.0164. The summed E-state index contributed by atoms with van der Waals surface area (Å²) in [6, 6.07) is 1.28. The molecular weight excluding hydrogens is 489 g/mol. The number of carbonyl (C=O) groups is 2. The van der Waals surface area contributed by atoms with Gasteiger partial charge in [0.2, 0.25) is 11.7 Å². The van der Waals surface area contributed by atoms with Gasteiger partial charge in [0.15, 0.2) is 13.0 Å². The van der Waals surface area contributed by atoms with Gasteiger partial charge < -0.3 is 30.1 Å². The lowest BCUT2D eigenvalue weighted by Crippen LogP contribution is -2.36. The molecule has 1 fully saturated rings. The zero-order chi connectivity index (χ0) is 26.4. The summed E-state index contributed by atoms with van der Waals surface area (Å²) in [6.07, 6.45) is -2.94. The van der Waals surface area contributed by atoms with Crippen LogP contribution in [0.25, 0.3) is 0 Å². The predicted octanol–water partition coefficient (Wildman–Crippen LogP) is -2.46. The number of aliphatic hydroxyl groups is 3. The zero-order valence-electron chi connectivity index (χ0n) is 18.7. The Morgan fingerprint density at radius 1 is 1.19 bits per heavy atom. The summed E-state index contributed by atoms with van der Waals surface area (Å²) < 4.78 is 24.9. The van der Waals surface area contributed by atoms with Crippen molar-refractivity contribution in [3.63, 3.8) is 0 Å². The van der Waals surface area contributed by atoms with E-state index in [4.69, 9.17) is 14.6 Å². The molecule has 196 valence electrons. The summed E-state index contributed by atoms with van der Waals surface area (Å²) >= 11 is 0. The molecule has 1 amide bonds. The topological polar surface area (TPSA) is 215 Å². The number of anilines is 1. The van der Waals surface area contributed by atoms with E-state index in [1.165, 1.54) is 12.3 Å². The van der Waals surface area contributed by atoms with Crippen molar-refractivity contribution in [3.8, 4) is 0 Å². The van der Waals surface area contributed by atoms with E-state index in [-0.39, 0.29) is 31.5 Å². The second-order valence-corrected chi connectivity index (χ2v) is 7.84. The van der Waals surface area contributed by atoms with Crippen LogP contribution in [0.2, 0.25) is 0 Å². The van der Waals surface area contributed by atoms with E-state index < -0.39 is 72.5 Å². The number of unbranched alkanes of at least 4 members (excludes halogenated alkanes) is 1. The Bertz CT molecular complexity index is 1270. The van der Waals surface area contributed by atoms with E-state index in [2.05, 4.69) is 10.3 Å². The number of esters is 1. The molecule has 1 saturated heterocycles. The molecule has 0 aromatic carbocycles. The van der Waals surface area contributed by atoms with Gasteiger partial charge in [0.1, 0.15) is 24.1 Å². The van der Waals surface area contributed by atoms with E-state index in [1.54, 1.807) is 4.98 Å². The Labute approximate surface area is 200 Å². The largest absolute Gasteiger partial charge is 0.444 e. The van der Waals surface area contributed by atoms with E-state index in [1.807, 2.05) is 0 Å². The molecule has 1 aliphatic heterocycles. The van der Waals surface area contributed by atoms with Gasteiger partial charge in [-0.1, -0.05) is 0 Å². The minimum atomic E-state index is -1.47. The number of nitrogens with one attached hydrogen (secondary N) is 2. The highest BCUT2D eigenvalue weighted by atomic mass is 19.1. The minimum Gasteiger partial charge on any atom is -0.444 e. The van der Waals surface area contributed by atoms with Crippen molar-refractivity contribution in [3.05, 3.63) is 55.6 Å². The second kappa shape index (κ2) is 11.8. The molecule has 0 spiro atoms. The fourth-order valence-corrected chi connectivity index (χ4v) is 3.34. The van der Waals surface area contributed by atoms with Crippen LogP contribution in [0.5, 0.6) is 0 Å². The number of carbonyl (C=O) groups excluding carboxylic acids is 2.